The number of piperidine rings is 3. The van der Waals surface area contributed by atoms with Gasteiger partial charge in [-0.15, -0.1) is 0 Å². The van der Waals surface area contributed by atoms with Crippen molar-refractivity contribution in [2.24, 2.45) is 17.4 Å². The van der Waals surface area contributed by atoms with E-state index in [1.54, 1.807) is 9.80 Å². The summed E-state index contributed by atoms with van der Waals surface area (Å²) in [6.45, 7) is 11.3. The van der Waals surface area contributed by atoms with Crippen LogP contribution in [0.4, 0.5) is 14.4 Å². The van der Waals surface area contributed by atoms with Crippen LogP contribution in [-0.4, -0.2) is 82.8 Å². The van der Waals surface area contributed by atoms with Crippen molar-refractivity contribution in [1.82, 2.24) is 14.7 Å². The van der Waals surface area contributed by atoms with Crippen molar-refractivity contribution in [3.8, 4) is 0 Å². The molecule has 0 aliphatic carbocycles. The Morgan fingerprint density at radius 3 is 1.11 bits per heavy atom. The third-order valence-electron chi connectivity index (χ3n) is 10.3. The lowest BCUT2D eigenvalue weighted by molar-refractivity contribution is 0.0612. The highest BCUT2D eigenvalue weighted by molar-refractivity contribution is 5.69. The van der Waals surface area contributed by atoms with Crippen molar-refractivity contribution in [2.45, 2.75) is 124 Å². The van der Waals surface area contributed by atoms with Crippen LogP contribution in [0.2, 0.25) is 0 Å². The molecule has 11 nitrogen and oxygen atoms in total. The van der Waals surface area contributed by atoms with E-state index in [4.69, 9.17) is 25.7 Å². The summed E-state index contributed by atoms with van der Waals surface area (Å²) >= 11 is 0. The highest BCUT2D eigenvalue weighted by atomic mass is 16.6. The van der Waals surface area contributed by atoms with E-state index in [0.717, 1.165) is 55.3 Å². The fraction of sp³-hybridized carbons (Fsp3) is 0.523. The Balaban J connectivity index is 0.000000220. The normalized spacial score (nSPS) is 23.3. The summed E-state index contributed by atoms with van der Waals surface area (Å²) in [7, 11) is 0. The molecule has 3 fully saturated rings. The number of nitrogens with two attached hydrogens (primary N) is 2. The van der Waals surface area contributed by atoms with Crippen LogP contribution in [0.5, 0.6) is 0 Å². The summed E-state index contributed by atoms with van der Waals surface area (Å²) in [4.78, 5) is 41.3. The van der Waals surface area contributed by atoms with Crippen molar-refractivity contribution in [3.05, 3.63) is 108 Å². The molecule has 55 heavy (non-hydrogen) atoms. The molecule has 3 saturated heterocycles. The van der Waals surface area contributed by atoms with Gasteiger partial charge in [-0.05, 0) is 81.9 Å². The lowest BCUT2D eigenvalue weighted by atomic mass is 9.96. The molecular formula is C44H65N5O6. The van der Waals surface area contributed by atoms with E-state index in [9.17, 15) is 14.4 Å². The summed E-state index contributed by atoms with van der Waals surface area (Å²) in [6.07, 6.45) is 5.41. The van der Waals surface area contributed by atoms with Crippen LogP contribution in [0.3, 0.4) is 0 Å². The summed E-state index contributed by atoms with van der Waals surface area (Å²) in [5, 5.41) is 0. The maximum Gasteiger partial charge on any atom is 0.410 e. The molecule has 6 atom stereocenters. The number of carbonyl (C=O) groups excluding carboxylic acids is 3. The minimum absolute atomic E-state index is 0. The van der Waals surface area contributed by atoms with E-state index < -0.39 is 0 Å². The van der Waals surface area contributed by atoms with E-state index in [0.29, 0.717) is 44.9 Å². The van der Waals surface area contributed by atoms with Crippen molar-refractivity contribution < 1.29 is 28.6 Å². The zero-order chi connectivity index (χ0) is 38.9. The first-order chi connectivity index (χ1) is 26.0. The number of hydrogen-bond acceptors (Lipinski definition) is 8. The van der Waals surface area contributed by atoms with E-state index in [2.05, 4.69) is 13.8 Å². The maximum atomic E-state index is 12.0. The van der Waals surface area contributed by atoms with Crippen LogP contribution >= 0.6 is 0 Å². The number of amides is 3. The first-order valence-corrected chi connectivity index (χ1v) is 19.4. The van der Waals surface area contributed by atoms with Gasteiger partial charge in [0.25, 0.3) is 0 Å². The molecule has 3 aromatic rings. The van der Waals surface area contributed by atoms with Crippen LogP contribution in [0, 0.1) is 5.92 Å². The number of nitrogens with zero attached hydrogens (tertiary/aromatic N) is 3. The minimum Gasteiger partial charge on any atom is -0.445 e. The zero-order valence-corrected chi connectivity index (χ0v) is 32.6. The number of carbonyl (C=O) groups is 3. The van der Waals surface area contributed by atoms with Gasteiger partial charge in [-0.25, -0.2) is 14.4 Å². The first kappa shape index (κ1) is 44.8. The van der Waals surface area contributed by atoms with Crippen molar-refractivity contribution in [2.75, 3.05) is 19.6 Å². The summed E-state index contributed by atoms with van der Waals surface area (Å²) in [6, 6.07) is 30.1. The van der Waals surface area contributed by atoms with Gasteiger partial charge >= 0.3 is 18.3 Å². The Kier molecular flexibility index (Phi) is 19.0. The second-order valence-corrected chi connectivity index (χ2v) is 15.0. The molecule has 0 radical (unpaired) electrons. The predicted molar refractivity (Wildman–Crippen MR) is 218 cm³/mol. The molecule has 302 valence electrons. The number of benzene rings is 3. The van der Waals surface area contributed by atoms with Crippen LogP contribution in [0.25, 0.3) is 0 Å². The molecule has 3 heterocycles. The van der Waals surface area contributed by atoms with Crippen LogP contribution in [0.1, 0.15) is 90.3 Å². The molecule has 0 saturated carbocycles. The fourth-order valence-electron chi connectivity index (χ4n) is 6.73. The highest BCUT2D eigenvalue weighted by Gasteiger charge is 2.30. The Hall–Kier alpha value is -4.61. The molecule has 0 spiro atoms. The lowest BCUT2D eigenvalue weighted by Gasteiger charge is -2.35. The van der Waals surface area contributed by atoms with Gasteiger partial charge in [0.1, 0.15) is 19.8 Å². The van der Waals surface area contributed by atoms with Gasteiger partial charge in [0.05, 0.1) is 0 Å². The second kappa shape index (κ2) is 23.3. The van der Waals surface area contributed by atoms with Gasteiger partial charge in [0.15, 0.2) is 0 Å². The number of ether oxygens (including phenoxy) is 3. The monoisotopic (exact) mass is 759 g/mol. The van der Waals surface area contributed by atoms with Crippen molar-refractivity contribution in [3.63, 3.8) is 0 Å². The van der Waals surface area contributed by atoms with Crippen molar-refractivity contribution >= 4 is 18.3 Å². The molecule has 0 aromatic heterocycles. The third kappa shape index (κ3) is 15.2. The quantitative estimate of drug-likeness (QED) is 0.239. The molecule has 6 rings (SSSR count). The summed E-state index contributed by atoms with van der Waals surface area (Å²) in [5.41, 5.74) is 14.8. The van der Waals surface area contributed by atoms with Crippen LogP contribution in [-0.2, 0) is 34.0 Å². The highest BCUT2D eigenvalue weighted by Crippen LogP contribution is 2.23. The average Bonchev–Trinajstić information content (AvgIpc) is 3.19. The van der Waals surface area contributed by atoms with Gasteiger partial charge in [0.2, 0.25) is 0 Å². The molecule has 4 N–H and O–H groups in total. The van der Waals surface area contributed by atoms with E-state index in [1.807, 2.05) is 110 Å². The van der Waals surface area contributed by atoms with E-state index >= 15 is 0 Å². The van der Waals surface area contributed by atoms with Crippen LogP contribution < -0.4 is 11.5 Å². The SMILES string of the molecule is C.C[C@@H]1CC[C@@H](N)CN1C(=O)OCc1ccccc1.C[C@H]1CC[C@H](C)N(C(=O)OCc2ccccc2)C1.C[C@H]1CC[C@H](N)CN1C(=O)OCc1ccccc1. The number of rotatable bonds is 6. The standard InChI is InChI=1S/C15H21NO2.2C14H20N2O2.CH4/c1-12-8-9-13(2)16(10-12)15(17)18-11-14-6-4-3-5-7-14;2*1-11-7-8-13(15)9-16(11)14(17)18-10-12-5-3-2-4-6-12;/h3-7,12-13H,8-11H2,1-2H3;2*2-6,11,13H,7-10,15H2,1H3;1H4/t12-,13-;2*11-,13-;/m010./s1. The molecule has 3 aromatic carbocycles. The molecule has 0 bridgehead atoms. The zero-order valence-electron chi connectivity index (χ0n) is 32.6. The van der Waals surface area contributed by atoms with Gasteiger partial charge in [-0.3, -0.25) is 0 Å². The largest absolute Gasteiger partial charge is 0.445 e. The van der Waals surface area contributed by atoms with Gasteiger partial charge in [-0.2, -0.15) is 0 Å². The summed E-state index contributed by atoms with van der Waals surface area (Å²) < 4.78 is 16.0. The molecule has 3 aliphatic heterocycles. The average molecular weight is 760 g/mol. The lowest BCUT2D eigenvalue weighted by Crippen LogP contribution is -2.50. The maximum absolute atomic E-state index is 12.0. The van der Waals surface area contributed by atoms with Crippen LogP contribution in [0.15, 0.2) is 91.0 Å². The van der Waals surface area contributed by atoms with Gasteiger partial charge in [0, 0.05) is 49.8 Å². The van der Waals surface area contributed by atoms with Gasteiger partial charge in [-0.1, -0.05) is 105 Å². The van der Waals surface area contributed by atoms with Crippen molar-refractivity contribution in [1.29, 1.82) is 0 Å². The predicted octanol–water partition coefficient (Wildman–Crippen LogP) is 8.35. The number of hydrogen-bond donors (Lipinski definition) is 2. The second-order valence-electron chi connectivity index (χ2n) is 15.0. The molecular weight excluding hydrogens is 695 g/mol. The Morgan fingerprint density at radius 2 is 0.782 bits per heavy atom. The topological polar surface area (TPSA) is 141 Å². The molecule has 0 unspecified atom stereocenters. The van der Waals surface area contributed by atoms with Gasteiger partial charge < -0.3 is 40.4 Å². The fourth-order valence-corrected chi connectivity index (χ4v) is 6.73. The summed E-state index contributed by atoms with van der Waals surface area (Å²) in [5.74, 6) is 0.575. The Labute approximate surface area is 329 Å². The molecule has 3 amide bonds. The smallest absolute Gasteiger partial charge is 0.410 e. The Morgan fingerprint density at radius 1 is 0.491 bits per heavy atom. The minimum atomic E-state index is -0.262. The van der Waals surface area contributed by atoms with E-state index in [-0.39, 0.29) is 49.9 Å². The molecule has 11 heteroatoms. The van der Waals surface area contributed by atoms with E-state index in [1.165, 1.54) is 6.42 Å². The number of likely N-dealkylation sites (tertiary alicyclic amines) is 3. The first-order valence-electron chi connectivity index (χ1n) is 19.4. The molecule has 3 aliphatic rings. The Bertz CT molecular complexity index is 1360. The third-order valence-corrected chi connectivity index (χ3v) is 10.3.